The number of aliphatic hydroxyl groups excluding tert-OH is 1. The molecule has 1 aromatic carbocycles. The summed E-state index contributed by atoms with van der Waals surface area (Å²) in [6.07, 6.45) is 0. The van der Waals surface area contributed by atoms with Crippen molar-refractivity contribution in [1.82, 2.24) is 0 Å². The fourth-order valence-electron chi connectivity index (χ4n) is 1.11. The Kier molecular flexibility index (Phi) is 2.90. The van der Waals surface area contributed by atoms with Gasteiger partial charge in [0.1, 0.15) is 0 Å². The van der Waals surface area contributed by atoms with E-state index in [0.717, 1.165) is 11.3 Å². The molecule has 3 nitrogen and oxygen atoms in total. The van der Waals surface area contributed by atoms with Crippen molar-refractivity contribution in [1.29, 1.82) is 0 Å². The van der Waals surface area contributed by atoms with Crippen molar-refractivity contribution in [3.8, 4) is 0 Å². The van der Waals surface area contributed by atoms with Gasteiger partial charge in [0.15, 0.2) is 0 Å². The summed E-state index contributed by atoms with van der Waals surface area (Å²) in [7, 11) is 1.86. The van der Waals surface area contributed by atoms with Crippen molar-refractivity contribution in [2.24, 2.45) is 5.73 Å². The number of hydrogen-bond acceptors (Lipinski definition) is 3. The van der Waals surface area contributed by atoms with E-state index in [4.69, 9.17) is 10.8 Å². The molecule has 0 saturated heterocycles. The van der Waals surface area contributed by atoms with Crippen LogP contribution in [0, 0.1) is 0 Å². The summed E-state index contributed by atoms with van der Waals surface area (Å²) >= 11 is 0. The molecule has 4 N–H and O–H groups in total. The van der Waals surface area contributed by atoms with Crippen LogP contribution in [0.5, 0.6) is 0 Å². The lowest BCUT2D eigenvalue weighted by Crippen LogP contribution is -2.36. The van der Waals surface area contributed by atoms with E-state index in [0.29, 0.717) is 0 Å². The number of nitrogens with two attached hydrogens (primary N) is 1. The van der Waals surface area contributed by atoms with E-state index in [1.54, 1.807) is 6.92 Å². The maximum absolute atomic E-state index is 9.03. The van der Waals surface area contributed by atoms with E-state index >= 15 is 0 Å². The zero-order valence-corrected chi connectivity index (χ0v) is 8.04. The quantitative estimate of drug-likeness (QED) is 0.647. The average molecular weight is 180 g/mol. The van der Waals surface area contributed by atoms with Gasteiger partial charge in [0.05, 0.1) is 12.1 Å². The molecule has 1 rings (SSSR count). The number of anilines is 1. The first-order chi connectivity index (χ1) is 6.10. The molecule has 0 saturated carbocycles. The molecule has 0 bridgehead atoms. The van der Waals surface area contributed by atoms with Crippen LogP contribution < -0.4 is 11.1 Å². The van der Waals surface area contributed by atoms with Gasteiger partial charge >= 0.3 is 0 Å². The van der Waals surface area contributed by atoms with Crippen molar-refractivity contribution in [3.63, 3.8) is 0 Å². The molecule has 1 atom stereocenters. The van der Waals surface area contributed by atoms with Gasteiger partial charge in [-0.3, -0.25) is 0 Å². The molecule has 0 fully saturated rings. The molecule has 0 amide bonds. The van der Waals surface area contributed by atoms with E-state index < -0.39 is 5.54 Å². The summed E-state index contributed by atoms with van der Waals surface area (Å²) in [5.41, 5.74) is 7.19. The highest BCUT2D eigenvalue weighted by molar-refractivity contribution is 5.45. The van der Waals surface area contributed by atoms with Gasteiger partial charge in [0, 0.05) is 12.7 Å². The van der Waals surface area contributed by atoms with Gasteiger partial charge in [-0.05, 0) is 24.6 Å². The first kappa shape index (κ1) is 10.0. The molecule has 13 heavy (non-hydrogen) atoms. The third-order valence-electron chi connectivity index (χ3n) is 2.16. The molecule has 0 aliphatic heterocycles. The van der Waals surface area contributed by atoms with Crippen LogP contribution in [-0.2, 0) is 5.54 Å². The van der Waals surface area contributed by atoms with Crippen molar-refractivity contribution in [2.75, 3.05) is 19.0 Å². The zero-order chi connectivity index (χ0) is 9.90. The Hall–Kier alpha value is -1.06. The normalized spacial score (nSPS) is 15.1. The summed E-state index contributed by atoms with van der Waals surface area (Å²) in [4.78, 5) is 0. The topological polar surface area (TPSA) is 58.3 Å². The minimum atomic E-state index is -0.647. The molecular formula is C10H16N2O. The average Bonchev–Trinajstić information content (AvgIpc) is 2.18. The maximum Gasteiger partial charge on any atom is 0.0650 e. The molecule has 72 valence electrons. The van der Waals surface area contributed by atoms with E-state index in [2.05, 4.69) is 5.32 Å². The summed E-state index contributed by atoms with van der Waals surface area (Å²) < 4.78 is 0. The van der Waals surface area contributed by atoms with Crippen molar-refractivity contribution in [2.45, 2.75) is 12.5 Å². The van der Waals surface area contributed by atoms with Crippen LogP contribution in [0.25, 0.3) is 0 Å². The van der Waals surface area contributed by atoms with Crippen molar-refractivity contribution in [3.05, 3.63) is 29.8 Å². The Labute approximate surface area is 78.6 Å². The zero-order valence-electron chi connectivity index (χ0n) is 8.04. The highest BCUT2D eigenvalue weighted by Gasteiger charge is 2.19. The van der Waals surface area contributed by atoms with Gasteiger partial charge in [0.2, 0.25) is 0 Å². The van der Waals surface area contributed by atoms with Crippen LogP contribution in [0.4, 0.5) is 5.69 Å². The summed E-state index contributed by atoms with van der Waals surface area (Å²) in [5.74, 6) is 0. The van der Waals surface area contributed by atoms with Gasteiger partial charge in [0.25, 0.3) is 0 Å². The monoisotopic (exact) mass is 180 g/mol. The molecule has 3 heteroatoms. The highest BCUT2D eigenvalue weighted by Crippen LogP contribution is 2.18. The lowest BCUT2D eigenvalue weighted by atomic mass is 9.94. The lowest BCUT2D eigenvalue weighted by molar-refractivity contribution is 0.210. The molecule has 0 spiro atoms. The summed E-state index contributed by atoms with van der Waals surface area (Å²) in [6.45, 7) is 1.76. The Morgan fingerprint density at radius 1 is 1.38 bits per heavy atom. The standard InChI is InChI=1S/C10H16N2O/c1-10(11,7-13)8-3-5-9(12-2)6-4-8/h3-6,12-13H,7,11H2,1-2H3. The second kappa shape index (κ2) is 3.77. The first-order valence-corrected chi connectivity index (χ1v) is 4.28. The Morgan fingerprint density at radius 2 is 1.92 bits per heavy atom. The second-order valence-corrected chi connectivity index (χ2v) is 3.40. The Bertz CT molecular complexity index is 267. The highest BCUT2D eigenvalue weighted by atomic mass is 16.3. The van der Waals surface area contributed by atoms with Crippen LogP contribution >= 0.6 is 0 Å². The summed E-state index contributed by atoms with van der Waals surface area (Å²) in [6, 6.07) is 7.72. The Balaban J connectivity index is 2.92. The van der Waals surface area contributed by atoms with E-state index in [-0.39, 0.29) is 6.61 Å². The van der Waals surface area contributed by atoms with Gasteiger partial charge < -0.3 is 16.2 Å². The largest absolute Gasteiger partial charge is 0.394 e. The van der Waals surface area contributed by atoms with Crippen molar-refractivity contribution < 1.29 is 5.11 Å². The lowest BCUT2D eigenvalue weighted by Gasteiger charge is -2.22. The molecule has 0 radical (unpaired) electrons. The van der Waals surface area contributed by atoms with E-state index in [1.165, 1.54) is 0 Å². The van der Waals surface area contributed by atoms with Gasteiger partial charge in [-0.1, -0.05) is 12.1 Å². The van der Waals surface area contributed by atoms with Gasteiger partial charge in [-0.15, -0.1) is 0 Å². The van der Waals surface area contributed by atoms with Crippen LogP contribution in [-0.4, -0.2) is 18.8 Å². The molecule has 0 aliphatic carbocycles. The van der Waals surface area contributed by atoms with Crippen molar-refractivity contribution >= 4 is 5.69 Å². The summed E-state index contributed by atoms with van der Waals surface area (Å²) in [5, 5.41) is 12.1. The molecule has 0 aromatic heterocycles. The molecule has 1 aromatic rings. The molecule has 0 heterocycles. The van der Waals surface area contributed by atoms with Crippen LogP contribution in [0.1, 0.15) is 12.5 Å². The fourth-order valence-corrected chi connectivity index (χ4v) is 1.11. The number of rotatable bonds is 3. The fraction of sp³-hybridized carbons (Fsp3) is 0.400. The SMILES string of the molecule is CNc1ccc(C(C)(N)CO)cc1. The molecule has 1 unspecified atom stereocenters. The minimum absolute atomic E-state index is 0.0497. The molecule has 0 aliphatic rings. The third kappa shape index (κ3) is 2.20. The predicted molar refractivity (Wildman–Crippen MR) is 54.6 cm³/mol. The van der Waals surface area contributed by atoms with Crippen LogP contribution in [0.15, 0.2) is 24.3 Å². The van der Waals surface area contributed by atoms with Crippen LogP contribution in [0.3, 0.4) is 0 Å². The third-order valence-corrected chi connectivity index (χ3v) is 2.16. The Morgan fingerprint density at radius 3 is 2.31 bits per heavy atom. The van der Waals surface area contributed by atoms with Gasteiger partial charge in [-0.25, -0.2) is 0 Å². The van der Waals surface area contributed by atoms with Gasteiger partial charge in [-0.2, -0.15) is 0 Å². The number of benzene rings is 1. The number of nitrogens with one attached hydrogen (secondary N) is 1. The maximum atomic E-state index is 9.03. The number of hydrogen-bond donors (Lipinski definition) is 3. The van der Waals surface area contributed by atoms with E-state index in [9.17, 15) is 0 Å². The molecular weight excluding hydrogens is 164 g/mol. The van der Waals surface area contributed by atoms with Crippen LogP contribution in [0.2, 0.25) is 0 Å². The smallest absolute Gasteiger partial charge is 0.0650 e. The van der Waals surface area contributed by atoms with E-state index in [1.807, 2.05) is 31.3 Å². The number of aliphatic hydroxyl groups is 1. The second-order valence-electron chi connectivity index (χ2n) is 3.40. The first-order valence-electron chi connectivity index (χ1n) is 4.28. The predicted octanol–water partition coefficient (Wildman–Crippen LogP) is 0.894. The minimum Gasteiger partial charge on any atom is -0.394 e.